The van der Waals surface area contributed by atoms with Crippen LogP contribution in [0.3, 0.4) is 0 Å². The Labute approximate surface area is 80.0 Å². The van der Waals surface area contributed by atoms with Gasteiger partial charge in [0, 0.05) is 5.69 Å². The van der Waals surface area contributed by atoms with Crippen LogP contribution in [0.4, 0.5) is 0 Å². The van der Waals surface area contributed by atoms with Crippen molar-refractivity contribution in [3.63, 3.8) is 0 Å². The van der Waals surface area contributed by atoms with Crippen molar-refractivity contribution in [3.05, 3.63) is 28.6 Å². The fourth-order valence-electron chi connectivity index (χ4n) is 1.07. The summed E-state index contributed by atoms with van der Waals surface area (Å²) in [5.41, 5.74) is 0.644. The average molecular weight is 195 g/mol. The first-order valence-corrected chi connectivity index (χ1v) is 3.88. The van der Waals surface area contributed by atoms with Crippen molar-refractivity contribution in [1.29, 1.82) is 0 Å². The van der Waals surface area contributed by atoms with Crippen LogP contribution in [0.15, 0.2) is 6.07 Å². The third-order valence-corrected chi connectivity index (χ3v) is 1.97. The van der Waals surface area contributed by atoms with Gasteiger partial charge in [-0.1, -0.05) is 0 Å². The third-order valence-electron chi connectivity index (χ3n) is 1.97. The van der Waals surface area contributed by atoms with E-state index in [1.165, 1.54) is 0 Å². The summed E-state index contributed by atoms with van der Waals surface area (Å²) in [5.74, 6) is -2.37. The van der Waals surface area contributed by atoms with E-state index >= 15 is 0 Å². The van der Waals surface area contributed by atoms with E-state index in [0.29, 0.717) is 11.3 Å². The minimum absolute atomic E-state index is 0.0186. The average Bonchev–Trinajstić information content (AvgIpc) is 2.08. The number of rotatable bonds is 2. The lowest BCUT2D eigenvalue weighted by molar-refractivity contribution is 0.0690. The molecule has 0 atom stereocenters. The molecule has 1 aromatic heterocycles. The van der Waals surface area contributed by atoms with E-state index in [4.69, 9.17) is 10.2 Å². The van der Waals surface area contributed by atoms with Crippen LogP contribution in [0.5, 0.6) is 0 Å². The van der Waals surface area contributed by atoms with Crippen molar-refractivity contribution < 1.29 is 19.8 Å². The lowest BCUT2D eigenvalue weighted by Crippen LogP contribution is -2.09. The molecule has 0 spiro atoms. The highest BCUT2D eigenvalue weighted by Crippen LogP contribution is 2.13. The van der Waals surface area contributed by atoms with Gasteiger partial charge < -0.3 is 10.2 Å². The van der Waals surface area contributed by atoms with Gasteiger partial charge in [-0.25, -0.2) is 14.6 Å². The monoisotopic (exact) mass is 195 g/mol. The van der Waals surface area contributed by atoms with Crippen LogP contribution >= 0.6 is 0 Å². The molecule has 1 heterocycles. The van der Waals surface area contributed by atoms with Gasteiger partial charge in [-0.05, 0) is 25.5 Å². The van der Waals surface area contributed by atoms with Gasteiger partial charge in [0.2, 0.25) is 0 Å². The number of carboxylic acid groups (broad SMARTS) is 2. The van der Waals surface area contributed by atoms with Crippen LogP contribution in [0.25, 0.3) is 0 Å². The molecule has 0 fully saturated rings. The number of aryl methyl sites for hydroxylation is 1. The molecule has 2 N–H and O–H groups in total. The second kappa shape index (κ2) is 3.45. The van der Waals surface area contributed by atoms with Gasteiger partial charge in [0.1, 0.15) is 5.69 Å². The topological polar surface area (TPSA) is 87.5 Å². The summed E-state index contributed by atoms with van der Waals surface area (Å²) < 4.78 is 0. The fraction of sp³-hybridized carbons (Fsp3) is 0.222. The summed E-state index contributed by atoms with van der Waals surface area (Å²) in [5, 5.41) is 17.4. The SMILES string of the molecule is Cc1nc(C(=O)O)cc(C(=O)O)c1C. The molecule has 0 aliphatic rings. The highest BCUT2D eigenvalue weighted by atomic mass is 16.4. The molecule has 5 heteroatoms. The molecule has 1 aromatic rings. The van der Waals surface area contributed by atoms with Gasteiger partial charge in [-0.3, -0.25) is 0 Å². The molecule has 0 unspecified atom stereocenters. The number of hydrogen-bond donors (Lipinski definition) is 2. The van der Waals surface area contributed by atoms with Gasteiger partial charge >= 0.3 is 11.9 Å². The Morgan fingerprint density at radius 1 is 1.21 bits per heavy atom. The zero-order valence-electron chi connectivity index (χ0n) is 7.74. The predicted molar refractivity (Wildman–Crippen MR) is 47.6 cm³/mol. The molecule has 0 bridgehead atoms. The van der Waals surface area contributed by atoms with Crippen LogP contribution in [0, 0.1) is 13.8 Å². The number of pyridine rings is 1. The van der Waals surface area contributed by atoms with E-state index in [1.807, 2.05) is 0 Å². The number of hydrogen-bond acceptors (Lipinski definition) is 3. The molecule has 0 radical (unpaired) electrons. The van der Waals surface area contributed by atoms with E-state index in [9.17, 15) is 9.59 Å². The summed E-state index contributed by atoms with van der Waals surface area (Å²) in [6.07, 6.45) is 0. The Balaban J connectivity index is 3.43. The van der Waals surface area contributed by atoms with E-state index in [0.717, 1.165) is 6.07 Å². The summed E-state index contributed by atoms with van der Waals surface area (Å²) in [6.45, 7) is 3.17. The Morgan fingerprint density at radius 3 is 2.21 bits per heavy atom. The van der Waals surface area contributed by atoms with Crippen LogP contribution in [-0.2, 0) is 0 Å². The largest absolute Gasteiger partial charge is 0.478 e. The predicted octanol–water partition coefficient (Wildman–Crippen LogP) is 1.09. The Kier molecular flexibility index (Phi) is 2.51. The number of nitrogens with zero attached hydrogens (tertiary/aromatic N) is 1. The van der Waals surface area contributed by atoms with Gasteiger partial charge in [0.15, 0.2) is 0 Å². The minimum atomic E-state index is -1.23. The van der Waals surface area contributed by atoms with Crippen molar-refractivity contribution in [2.24, 2.45) is 0 Å². The molecule has 0 amide bonds. The second-order valence-electron chi connectivity index (χ2n) is 2.88. The van der Waals surface area contributed by atoms with Crippen LogP contribution in [0.2, 0.25) is 0 Å². The number of aromatic carboxylic acids is 2. The summed E-state index contributed by atoms with van der Waals surface area (Å²) in [6, 6.07) is 1.06. The molecule has 74 valence electrons. The molecule has 14 heavy (non-hydrogen) atoms. The first-order chi connectivity index (χ1) is 6.43. The first-order valence-electron chi connectivity index (χ1n) is 3.88. The van der Waals surface area contributed by atoms with E-state index in [1.54, 1.807) is 13.8 Å². The van der Waals surface area contributed by atoms with Crippen molar-refractivity contribution in [1.82, 2.24) is 4.98 Å². The van der Waals surface area contributed by atoms with Crippen molar-refractivity contribution in [3.8, 4) is 0 Å². The van der Waals surface area contributed by atoms with Gasteiger partial charge in [-0.15, -0.1) is 0 Å². The highest BCUT2D eigenvalue weighted by molar-refractivity contribution is 5.93. The molecule has 0 saturated carbocycles. The second-order valence-corrected chi connectivity index (χ2v) is 2.88. The molecule has 0 aromatic carbocycles. The quantitative estimate of drug-likeness (QED) is 0.737. The van der Waals surface area contributed by atoms with Crippen molar-refractivity contribution in [2.45, 2.75) is 13.8 Å². The molecule has 0 saturated heterocycles. The van der Waals surface area contributed by atoms with Crippen molar-refractivity contribution >= 4 is 11.9 Å². The Morgan fingerprint density at radius 2 is 1.79 bits per heavy atom. The molecular weight excluding hydrogens is 186 g/mol. The number of carbonyl (C=O) groups is 2. The molecule has 1 rings (SSSR count). The van der Waals surface area contributed by atoms with Crippen molar-refractivity contribution in [2.75, 3.05) is 0 Å². The van der Waals surface area contributed by atoms with Gasteiger partial charge in [0.05, 0.1) is 5.56 Å². The zero-order valence-corrected chi connectivity index (χ0v) is 7.74. The Bertz CT molecular complexity index is 412. The third kappa shape index (κ3) is 1.71. The summed E-state index contributed by atoms with van der Waals surface area (Å²) in [7, 11) is 0. The van der Waals surface area contributed by atoms with E-state index in [-0.39, 0.29) is 11.3 Å². The maximum Gasteiger partial charge on any atom is 0.354 e. The smallest absolute Gasteiger partial charge is 0.354 e. The summed E-state index contributed by atoms with van der Waals surface area (Å²) in [4.78, 5) is 25.1. The number of carboxylic acids is 2. The lowest BCUT2D eigenvalue weighted by atomic mass is 10.1. The molecular formula is C9H9NO4. The molecule has 0 aliphatic heterocycles. The first kappa shape index (κ1) is 10.2. The Hall–Kier alpha value is -1.91. The fourth-order valence-corrected chi connectivity index (χ4v) is 1.07. The number of aromatic nitrogens is 1. The summed E-state index contributed by atoms with van der Waals surface area (Å²) >= 11 is 0. The van der Waals surface area contributed by atoms with Crippen LogP contribution < -0.4 is 0 Å². The van der Waals surface area contributed by atoms with E-state index in [2.05, 4.69) is 4.98 Å². The standard InChI is InChI=1S/C9H9NO4/c1-4-5(2)10-7(9(13)14)3-6(4)8(11)12/h3H,1-2H3,(H,11,12)(H,13,14). The minimum Gasteiger partial charge on any atom is -0.478 e. The maximum atomic E-state index is 10.7. The van der Waals surface area contributed by atoms with Gasteiger partial charge in [-0.2, -0.15) is 0 Å². The molecule has 5 nitrogen and oxygen atoms in total. The highest BCUT2D eigenvalue weighted by Gasteiger charge is 2.15. The van der Waals surface area contributed by atoms with E-state index < -0.39 is 11.9 Å². The van der Waals surface area contributed by atoms with Gasteiger partial charge in [0.25, 0.3) is 0 Å². The van der Waals surface area contributed by atoms with Crippen LogP contribution in [-0.4, -0.2) is 27.1 Å². The van der Waals surface area contributed by atoms with Crippen LogP contribution in [0.1, 0.15) is 32.1 Å². The normalized spacial score (nSPS) is 9.86. The molecule has 0 aliphatic carbocycles. The lowest BCUT2D eigenvalue weighted by Gasteiger charge is -2.05. The zero-order chi connectivity index (χ0) is 10.9. The maximum absolute atomic E-state index is 10.7.